The van der Waals surface area contributed by atoms with Gasteiger partial charge in [0, 0.05) is 18.3 Å². The van der Waals surface area contributed by atoms with Crippen molar-refractivity contribution in [1.82, 2.24) is 15.1 Å². The summed E-state index contributed by atoms with van der Waals surface area (Å²) in [5.41, 5.74) is 2.13. The molecule has 0 bridgehead atoms. The van der Waals surface area contributed by atoms with Gasteiger partial charge in [-0.1, -0.05) is 6.07 Å². The topological polar surface area (TPSA) is 128 Å². The molecule has 10 heteroatoms. The molecule has 0 saturated carbocycles. The third-order valence-corrected chi connectivity index (χ3v) is 4.63. The number of amides is 2. The van der Waals surface area contributed by atoms with E-state index in [4.69, 9.17) is 4.74 Å². The third kappa shape index (κ3) is 3.83. The van der Waals surface area contributed by atoms with Crippen LogP contribution in [-0.2, 0) is 4.79 Å². The second-order valence-electron chi connectivity index (χ2n) is 6.71. The summed E-state index contributed by atoms with van der Waals surface area (Å²) in [5.74, 6) is -0.0204. The maximum Gasteiger partial charge on any atom is 0.272 e. The summed E-state index contributed by atoms with van der Waals surface area (Å²) in [6.45, 7) is 1.80. The summed E-state index contributed by atoms with van der Waals surface area (Å²) in [6.07, 6.45) is 1.60. The largest absolute Gasteiger partial charge is 0.482 e. The number of non-ortho nitro benzene ring substituents is 1. The minimum atomic E-state index is -0.481. The fourth-order valence-corrected chi connectivity index (χ4v) is 3.04. The van der Waals surface area contributed by atoms with Crippen molar-refractivity contribution in [3.8, 4) is 11.4 Å². The first kappa shape index (κ1) is 19.1. The quantitative estimate of drug-likeness (QED) is 0.494. The molecule has 2 N–H and O–H groups in total. The van der Waals surface area contributed by atoms with Crippen LogP contribution in [0.1, 0.15) is 29.0 Å². The van der Waals surface area contributed by atoms with E-state index >= 15 is 0 Å². The Balaban J connectivity index is 1.46. The Morgan fingerprint density at radius 3 is 2.77 bits per heavy atom. The van der Waals surface area contributed by atoms with Gasteiger partial charge in [0.1, 0.15) is 5.75 Å². The van der Waals surface area contributed by atoms with Crippen molar-refractivity contribution in [2.75, 3.05) is 11.9 Å². The number of nitrogens with one attached hydrogen (secondary N) is 2. The molecule has 0 fully saturated rings. The molecule has 0 aliphatic carbocycles. The molecule has 1 aromatic heterocycles. The zero-order valence-corrected chi connectivity index (χ0v) is 15.9. The number of rotatable bonds is 5. The van der Waals surface area contributed by atoms with Gasteiger partial charge in [-0.3, -0.25) is 19.7 Å². The number of fused-ring (bicyclic) bond motifs is 1. The first-order chi connectivity index (χ1) is 14.4. The van der Waals surface area contributed by atoms with E-state index in [1.54, 1.807) is 36.5 Å². The fourth-order valence-electron chi connectivity index (χ4n) is 3.04. The lowest BCUT2D eigenvalue weighted by atomic mass is 10.1. The number of hydrogen-bond acceptors (Lipinski definition) is 6. The van der Waals surface area contributed by atoms with Gasteiger partial charge in [-0.05, 0) is 42.8 Å². The van der Waals surface area contributed by atoms with Gasteiger partial charge in [0.15, 0.2) is 12.3 Å². The van der Waals surface area contributed by atoms with Gasteiger partial charge < -0.3 is 15.4 Å². The number of hydrogen-bond donors (Lipinski definition) is 2. The van der Waals surface area contributed by atoms with Crippen LogP contribution in [-0.4, -0.2) is 33.1 Å². The van der Waals surface area contributed by atoms with E-state index in [2.05, 4.69) is 15.7 Å². The SMILES string of the molecule is CC(NC(=O)c1ccn(-c2ccc([N+](=O)[O-])cc2)n1)c1ccc2c(c1)NC(=O)CO2. The first-order valence-electron chi connectivity index (χ1n) is 9.08. The van der Waals surface area contributed by atoms with Crippen molar-refractivity contribution in [2.24, 2.45) is 0 Å². The van der Waals surface area contributed by atoms with Gasteiger partial charge >= 0.3 is 0 Å². The molecule has 1 aliphatic rings. The van der Waals surface area contributed by atoms with Gasteiger partial charge in [-0.25, -0.2) is 4.68 Å². The zero-order valence-electron chi connectivity index (χ0n) is 15.9. The smallest absolute Gasteiger partial charge is 0.272 e. The number of carbonyl (C=O) groups excluding carboxylic acids is 2. The van der Waals surface area contributed by atoms with Gasteiger partial charge in [0.25, 0.3) is 17.5 Å². The van der Waals surface area contributed by atoms with Crippen LogP contribution in [0.2, 0.25) is 0 Å². The molecule has 0 radical (unpaired) electrons. The standard InChI is InChI=1S/C20H17N5O5/c1-12(13-2-7-18-17(10-13)22-19(26)11-30-18)21-20(27)16-8-9-24(23-16)14-3-5-15(6-4-14)25(28)29/h2-10,12H,11H2,1H3,(H,21,27)(H,22,26). The number of benzene rings is 2. The predicted molar refractivity (Wildman–Crippen MR) is 107 cm³/mol. The molecule has 0 saturated heterocycles. The summed E-state index contributed by atoms with van der Waals surface area (Å²) >= 11 is 0. The van der Waals surface area contributed by atoms with Crippen LogP contribution in [0.3, 0.4) is 0 Å². The van der Waals surface area contributed by atoms with Crippen molar-refractivity contribution >= 4 is 23.2 Å². The Bertz CT molecular complexity index is 1140. The van der Waals surface area contributed by atoms with Crippen molar-refractivity contribution in [3.63, 3.8) is 0 Å². The molecule has 10 nitrogen and oxygen atoms in total. The molecule has 3 aromatic rings. The van der Waals surface area contributed by atoms with E-state index in [1.807, 2.05) is 13.0 Å². The summed E-state index contributed by atoms with van der Waals surface area (Å²) in [7, 11) is 0. The molecule has 2 aromatic carbocycles. The highest BCUT2D eigenvalue weighted by Gasteiger charge is 2.19. The minimum absolute atomic E-state index is 0.0178. The Labute approximate surface area is 170 Å². The number of anilines is 1. The number of aromatic nitrogens is 2. The lowest BCUT2D eigenvalue weighted by Crippen LogP contribution is -2.28. The molecule has 4 rings (SSSR count). The Morgan fingerprint density at radius 2 is 2.03 bits per heavy atom. The second-order valence-corrected chi connectivity index (χ2v) is 6.71. The normalized spacial score (nSPS) is 13.6. The summed E-state index contributed by atoms with van der Waals surface area (Å²) in [6, 6.07) is 12.4. The molecule has 2 heterocycles. The minimum Gasteiger partial charge on any atom is -0.482 e. The Hall–Kier alpha value is -4.21. The number of ether oxygens (including phenoxy) is 1. The van der Waals surface area contributed by atoms with Crippen LogP contribution in [0, 0.1) is 10.1 Å². The van der Waals surface area contributed by atoms with Crippen LogP contribution in [0.15, 0.2) is 54.7 Å². The molecule has 1 unspecified atom stereocenters. The van der Waals surface area contributed by atoms with Gasteiger partial charge in [0.05, 0.1) is 22.3 Å². The molecular formula is C20H17N5O5. The van der Waals surface area contributed by atoms with Crippen LogP contribution in [0.5, 0.6) is 5.75 Å². The van der Waals surface area contributed by atoms with Gasteiger partial charge in [0.2, 0.25) is 0 Å². The number of carbonyl (C=O) groups is 2. The molecule has 1 aliphatic heterocycles. The van der Waals surface area contributed by atoms with Crippen molar-refractivity contribution < 1.29 is 19.2 Å². The Kier molecular flexibility index (Phi) is 4.88. The monoisotopic (exact) mass is 407 g/mol. The Morgan fingerprint density at radius 1 is 1.27 bits per heavy atom. The van der Waals surface area contributed by atoms with Crippen molar-refractivity contribution in [3.05, 3.63) is 76.1 Å². The summed E-state index contributed by atoms with van der Waals surface area (Å²) < 4.78 is 6.80. The van der Waals surface area contributed by atoms with E-state index in [-0.39, 0.29) is 35.8 Å². The number of nitro benzene ring substituents is 1. The molecule has 2 amide bonds. The number of nitrogens with zero attached hydrogens (tertiary/aromatic N) is 3. The average molecular weight is 407 g/mol. The molecule has 1 atom stereocenters. The van der Waals surface area contributed by atoms with Gasteiger partial charge in [-0.2, -0.15) is 5.10 Å². The average Bonchev–Trinajstić information content (AvgIpc) is 3.23. The highest BCUT2D eigenvalue weighted by Crippen LogP contribution is 2.30. The molecule has 30 heavy (non-hydrogen) atoms. The maximum absolute atomic E-state index is 12.6. The van der Waals surface area contributed by atoms with Crippen LogP contribution >= 0.6 is 0 Å². The lowest BCUT2D eigenvalue weighted by Gasteiger charge is -2.20. The van der Waals surface area contributed by atoms with Crippen LogP contribution in [0.4, 0.5) is 11.4 Å². The predicted octanol–water partition coefficient (Wildman–Crippen LogP) is 2.60. The van der Waals surface area contributed by atoms with E-state index in [1.165, 1.54) is 16.8 Å². The third-order valence-electron chi connectivity index (χ3n) is 4.63. The highest BCUT2D eigenvalue weighted by atomic mass is 16.6. The van der Waals surface area contributed by atoms with Crippen molar-refractivity contribution in [2.45, 2.75) is 13.0 Å². The molecular weight excluding hydrogens is 390 g/mol. The molecule has 152 valence electrons. The van der Waals surface area contributed by atoms with E-state index in [9.17, 15) is 19.7 Å². The number of nitro groups is 1. The van der Waals surface area contributed by atoms with Crippen LogP contribution in [0.25, 0.3) is 5.69 Å². The summed E-state index contributed by atoms with van der Waals surface area (Å²) in [4.78, 5) is 34.4. The van der Waals surface area contributed by atoms with Gasteiger partial charge in [-0.15, -0.1) is 0 Å². The first-order valence-corrected chi connectivity index (χ1v) is 9.08. The van der Waals surface area contributed by atoms with E-state index < -0.39 is 4.92 Å². The molecule has 0 spiro atoms. The zero-order chi connectivity index (χ0) is 21.3. The second kappa shape index (κ2) is 7.66. The van der Waals surface area contributed by atoms with E-state index in [0.29, 0.717) is 17.1 Å². The highest BCUT2D eigenvalue weighted by molar-refractivity contribution is 5.95. The lowest BCUT2D eigenvalue weighted by molar-refractivity contribution is -0.384. The van der Waals surface area contributed by atoms with Crippen molar-refractivity contribution in [1.29, 1.82) is 0 Å². The summed E-state index contributed by atoms with van der Waals surface area (Å²) in [5, 5.41) is 20.6. The van der Waals surface area contributed by atoms with E-state index in [0.717, 1.165) is 5.56 Å². The fraction of sp³-hybridized carbons (Fsp3) is 0.150. The maximum atomic E-state index is 12.6. The van der Waals surface area contributed by atoms with Crippen LogP contribution < -0.4 is 15.4 Å².